The molecular weight excluding hydrogens is 461 g/mol. The summed E-state index contributed by atoms with van der Waals surface area (Å²) in [5.41, 5.74) is 1.52. The fraction of sp³-hybridized carbons (Fsp3) is 0.448. The molecule has 190 valence electrons. The molecule has 3 aromatic rings. The van der Waals surface area contributed by atoms with Crippen LogP contribution in [-0.4, -0.2) is 34.6 Å². The van der Waals surface area contributed by atoms with Crippen LogP contribution >= 0.6 is 0 Å². The number of fused-ring (bicyclic) bond motifs is 2. The van der Waals surface area contributed by atoms with Crippen LogP contribution in [-0.2, 0) is 17.8 Å². The fourth-order valence-corrected chi connectivity index (χ4v) is 5.69. The molecule has 1 saturated carbocycles. The molecule has 0 radical (unpaired) electrons. The third-order valence-corrected chi connectivity index (χ3v) is 7.95. The number of hydrogen-bond acceptors (Lipinski definition) is 5. The predicted molar refractivity (Wildman–Crippen MR) is 134 cm³/mol. The van der Waals surface area contributed by atoms with Crippen molar-refractivity contribution in [2.75, 3.05) is 13.1 Å². The van der Waals surface area contributed by atoms with Crippen molar-refractivity contribution in [1.82, 2.24) is 4.90 Å². The molecule has 2 atom stereocenters. The van der Waals surface area contributed by atoms with Gasteiger partial charge in [0.15, 0.2) is 0 Å². The number of ether oxygens (including phenoxy) is 1. The number of nitrogens with zero attached hydrogens (tertiary/aromatic N) is 1. The minimum atomic E-state index is -0.618. The van der Waals surface area contributed by atoms with Crippen molar-refractivity contribution in [3.8, 4) is 5.75 Å². The van der Waals surface area contributed by atoms with Crippen molar-refractivity contribution in [2.45, 2.75) is 64.1 Å². The second-order valence-corrected chi connectivity index (χ2v) is 10.2. The Kier molecular flexibility index (Phi) is 6.84. The van der Waals surface area contributed by atoms with Gasteiger partial charge < -0.3 is 19.2 Å². The van der Waals surface area contributed by atoms with Crippen molar-refractivity contribution in [2.24, 2.45) is 5.92 Å². The summed E-state index contributed by atoms with van der Waals surface area (Å²) in [6.45, 7) is 3.31. The standard InChI is InChI=1S/C29H32FNO5/c1-19-24-10-9-23(35-18-20-5-7-22(30)8-6-20)16-26(24)36-28(33)25(19)11-12-27(32)31-15-14-29(34)13-3-2-4-21(29)17-31/h5-10,16,21,34H,2-4,11-15,17-18H2,1H3. The number of hydrogen-bond donors (Lipinski definition) is 1. The van der Waals surface area contributed by atoms with E-state index in [1.807, 2.05) is 24.0 Å². The number of carbonyl (C=O) groups is 1. The molecule has 1 aliphatic heterocycles. The average molecular weight is 494 g/mol. The SMILES string of the molecule is Cc1c(CCC(=O)N2CCC3(O)CCCCC3C2)c(=O)oc2cc(OCc3ccc(F)cc3)ccc12. The molecule has 2 aliphatic rings. The summed E-state index contributed by atoms with van der Waals surface area (Å²) in [7, 11) is 0. The number of carbonyl (C=O) groups excluding carboxylic acids is 1. The monoisotopic (exact) mass is 493 g/mol. The van der Waals surface area contributed by atoms with Crippen LogP contribution in [0, 0.1) is 18.7 Å². The lowest BCUT2D eigenvalue weighted by atomic mass is 9.71. The van der Waals surface area contributed by atoms with Crippen molar-refractivity contribution >= 4 is 16.9 Å². The molecule has 1 aliphatic carbocycles. The van der Waals surface area contributed by atoms with Gasteiger partial charge in [0.05, 0.1) is 5.60 Å². The molecule has 2 heterocycles. The van der Waals surface area contributed by atoms with Gasteiger partial charge in [-0.05, 0) is 68.0 Å². The van der Waals surface area contributed by atoms with Crippen LogP contribution in [0.4, 0.5) is 4.39 Å². The smallest absolute Gasteiger partial charge is 0.339 e. The zero-order valence-corrected chi connectivity index (χ0v) is 20.6. The quantitative estimate of drug-likeness (QED) is 0.494. The van der Waals surface area contributed by atoms with Crippen molar-refractivity contribution in [1.29, 1.82) is 0 Å². The van der Waals surface area contributed by atoms with Gasteiger partial charge in [0.1, 0.15) is 23.8 Å². The van der Waals surface area contributed by atoms with E-state index in [2.05, 4.69) is 0 Å². The van der Waals surface area contributed by atoms with Crippen LogP contribution in [0.2, 0.25) is 0 Å². The van der Waals surface area contributed by atoms with E-state index in [9.17, 15) is 19.1 Å². The molecule has 6 nitrogen and oxygen atoms in total. The third-order valence-electron chi connectivity index (χ3n) is 7.95. The first kappa shape index (κ1) is 24.5. The van der Waals surface area contributed by atoms with Gasteiger partial charge in [-0.3, -0.25) is 4.79 Å². The van der Waals surface area contributed by atoms with Gasteiger partial charge in [0.25, 0.3) is 0 Å². The maximum Gasteiger partial charge on any atom is 0.339 e. The Morgan fingerprint density at radius 1 is 1.19 bits per heavy atom. The molecule has 2 unspecified atom stereocenters. The molecule has 2 aromatic carbocycles. The van der Waals surface area contributed by atoms with E-state index in [1.54, 1.807) is 18.2 Å². The summed E-state index contributed by atoms with van der Waals surface area (Å²) in [4.78, 5) is 27.6. The van der Waals surface area contributed by atoms with Crippen molar-refractivity contribution < 1.29 is 23.4 Å². The Bertz CT molecular complexity index is 1320. The van der Waals surface area contributed by atoms with Crippen LogP contribution in [0.3, 0.4) is 0 Å². The first-order chi connectivity index (χ1) is 17.3. The lowest BCUT2D eigenvalue weighted by Crippen LogP contribution is -2.54. The van der Waals surface area contributed by atoms with E-state index in [0.717, 1.165) is 42.2 Å². The molecule has 36 heavy (non-hydrogen) atoms. The molecule has 7 heteroatoms. The molecule has 0 bridgehead atoms. The number of aryl methyl sites for hydroxylation is 1. The largest absolute Gasteiger partial charge is 0.489 e. The number of piperidine rings is 1. The van der Waals surface area contributed by atoms with Gasteiger partial charge in [-0.15, -0.1) is 0 Å². The fourth-order valence-electron chi connectivity index (χ4n) is 5.69. The van der Waals surface area contributed by atoms with E-state index in [-0.39, 0.29) is 30.7 Å². The number of likely N-dealkylation sites (tertiary alicyclic amines) is 1. The number of rotatable bonds is 6. The van der Waals surface area contributed by atoms with E-state index in [4.69, 9.17) is 9.15 Å². The zero-order valence-electron chi connectivity index (χ0n) is 20.6. The molecule has 1 amide bonds. The maximum absolute atomic E-state index is 13.1. The van der Waals surface area contributed by atoms with Crippen LogP contribution in [0.5, 0.6) is 5.75 Å². The summed E-state index contributed by atoms with van der Waals surface area (Å²) >= 11 is 0. The van der Waals surface area contributed by atoms with Gasteiger partial charge in [-0.2, -0.15) is 0 Å². The average Bonchev–Trinajstić information content (AvgIpc) is 2.87. The minimum absolute atomic E-state index is 0.0195. The van der Waals surface area contributed by atoms with Gasteiger partial charge >= 0.3 is 5.63 Å². The Hall–Kier alpha value is -3.19. The third kappa shape index (κ3) is 5.03. The highest BCUT2D eigenvalue weighted by atomic mass is 19.1. The Morgan fingerprint density at radius 3 is 2.81 bits per heavy atom. The molecule has 0 spiro atoms. The highest BCUT2D eigenvalue weighted by Crippen LogP contribution is 2.40. The summed E-state index contributed by atoms with van der Waals surface area (Å²) in [5.74, 6) is 0.415. The predicted octanol–water partition coefficient (Wildman–Crippen LogP) is 4.91. The zero-order chi connectivity index (χ0) is 25.3. The first-order valence-corrected chi connectivity index (χ1v) is 12.8. The van der Waals surface area contributed by atoms with E-state index >= 15 is 0 Å². The lowest BCUT2D eigenvalue weighted by Gasteiger charge is -2.47. The van der Waals surface area contributed by atoms with Gasteiger partial charge in [0, 0.05) is 42.4 Å². The Morgan fingerprint density at radius 2 is 2.00 bits per heavy atom. The van der Waals surface area contributed by atoms with Gasteiger partial charge in [-0.25, -0.2) is 9.18 Å². The van der Waals surface area contributed by atoms with Crippen LogP contribution in [0.25, 0.3) is 11.0 Å². The summed E-state index contributed by atoms with van der Waals surface area (Å²) < 4.78 is 24.5. The molecule has 1 aromatic heterocycles. The topological polar surface area (TPSA) is 80.0 Å². The molecule has 1 N–H and O–H groups in total. The van der Waals surface area contributed by atoms with Gasteiger partial charge in [0.2, 0.25) is 5.91 Å². The molecular formula is C29H32FNO5. The number of benzene rings is 2. The second kappa shape index (κ2) is 10.1. The maximum atomic E-state index is 13.1. The summed E-state index contributed by atoms with van der Waals surface area (Å²) in [5, 5.41) is 11.7. The number of amides is 1. The Balaban J connectivity index is 1.25. The molecule has 5 rings (SSSR count). The summed E-state index contributed by atoms with van der Waals surface area (Å²) in [6, 6.07) is 11.4. The van der Waals surface area contributed by atoms with Crippen LogP contribution in [0.15, 0.2) is 51.7 Å². The van der Waals surface area contributed by atoms with E-state index in [1.165, 1.54) is 12.1 Å². The van der Waals surface area contributed by atoms with E-state index < -0.39 is 11.2 Å². The van der Waals surface area contributed by atoms with Crippen molar-refractivity contribution in [3.63, 3.8) is 0 Å². The highest BCUT2D eigenvalue weighted by molar-refractivity contribution is 5.83. The first-order valence-electron chi connectivity index (χ1n) is 12.8. The van der Waals surface area contributed by atoms with E-state index in [0.29, 0.717) is 42.8 Å². The number of aliphatic hydroxyl groups is 1. The van der Waals surface area contributed by atoms with Crippen LogP contribution < -0.4 is 10.4 Å². The van der Waals surface area contributed by atoms with Crippen molar-refractivity contribution in [3.05, 3.63) is 75.4 Å². The lowest BCUT2D eigenvalue weighted by molar-refractivity contribution is -0.143. The molecule has 1 saturated heterocycles. The van der Waals surface area contributed by atoms with Crippen LogP contribution in [0.1, 0.15) is 55.2 Å². The second-order valence-electron chi connectivity index (χ2n) is 10.2. The minimum Gasteiger partial charge on any atom is -0.489 e. The molecule has 2 fully saturated rings. The number of halogens is 1. The highest BCUT2D eigenvalue weighted by Gasteiger charge is 2.43. The Labute approximate surface area is 209 Å². The normalized spacial score (nSPS) is 21.9. The summed E-state index contributed by atoms with van der Waals surface area (Å²) in [6.07, 6.45) is 5.13. The van der Waals surface area contributed by atoms with Gasteiger partial charge in [-0.1, -0.05) is 25.0 Å².